The Morgan fingerprint density at radius 2 is 0.286 bits per heavy atom. The molecule has 8 heterocycles. The van der Waals surface area contributed by atoms with Gasteiger partial charge < -0.3 is 54.8 Å². The number of hydrogen-bond acceptors (Lipinski definition) is 8. The molecule has 0 amide bonds. The molecule has 0 atom stereocenters. The van der Waals surface area contributed by atoms with Gasteiger partial charge in [0.25, 0.3) is 0 Å². The molecule has 0 aliphatic rings. The minimum Gasteiger partial charge on any atom is -2.00 e. The third-order valence-corrected chi connectivity index (χ3v) is 9.38. The summed E-state index contributed by atoms with van der Waals surface area (Å²) in [5.41, 5.74) is 7.82. The Morgan fingerprint density at radius 1 is 0.186 bits per heavy atom. The van der Waals surface area contributed by atoms with Crippen molar-refractivity contribution >= 4 is 87.2 Å². The van der Waals surface area contributed by atoms with Gasteiger partial charge in [0.1, 0.15) is 0 Å². The fourth-order valence-electron chi connectivity index (χ4n) is 6.72. The molecule has 0 bridgehead atoms. The SMILES string of the molecule is O.O.[Cd+2].[Cd+2].[Cr+6].[Cr+6].[O-2].[O-2].[O-2].[O-2].[O-2].[O-2].[O-2].[O-2].c1cnc2c(c1)ccc1cccnc12.c1cnc2c(c1)ccc1cccnc12.c1cnc2c(c1)ccc1cccnc12.c1cnc2c(c1)ccc1cccnc12. The molecule has 8 aromatic heterocycles. The van der Waals surface area contributed by atoms with Crippen molar-refractivity contribution in [2.75, 3.05) is 0 Å². The fourth-order valence-corrected chi connectivity index (χ4v) is 6.72. The van der Waals surface area contributed by atoms with Crippen LogP contribution >= 0.6 is 0 Å². The van der Waals surface area contributed by atoms with E-state index in [0.717, 1.165) is 87.2 Å². The summed E-state index contributed by atoms with van der Waals surface area (Å²) in [7, 11) is 0. The van der Waals surface area contributed by atoms with E-state index in [-0.39, 0.29) is 144 Å². The maximum absolute atomic E-state index is 4.35. The molecule has 4 aromatic carbocycles. The van der Waals surface area contributed by atoms with E-state index in [9.17, 15) is 0 Å². The van der Waals surface area contributed by atoms with Gasteiger partial charge in [0, 0.05) is 92.7 Å². The predicted molar refractivity (Wildman–Crippen MR) is 241 cm³/mol. The smallest absolute Gasteiger partial charge is 2.00 e. The molecule has 0 aliphatic heterocycles. The summed E-state index contributed by atoms with van der Waals surface area (Å²) in [6, 6.07) is 48.6. The summed E-state index contributed by atoms with van der Waals surface area (Å²) < 4.78 is 0. The van der Waals surface area contributed by atoms with E-state index in [4.69, 9.17) is 0 Å². The topological polar surface area (TPSA) is 394 Å². The van der Waals surface area contributed by atoms with Crippen LogP contribution in [0.4, 0.5) is 0 Å². The summed E-state index contributed by atoms with van der Waals surface area (Å²) in [6.07, 6.45) is 14.4. The van der Waals surface area contributed by atoms with Gasteiger partial charge >= 0.3 is 89.3 Å². The maximum atomic E-state index is 4.35. The van der Waals surface area contributed by atoms with Crippen LogP contribution < -0.4 is 0 Å². The van der Waals surface area contributed by atoms with E-state index in [1.165, 1.54) is 0 Å². The summed E-state index contributed by atoms with van der Waals surface area (Å²) in [6.45, 7) is 0. The summed E-state index contributed by atoms with van der Waals surface area (Å²) in [4.78, 5) is 34.8. The number of pyridine rings is 8. The Balaban J connectivity index is -0.000000183. The number of hydrogen-bond donors (Lipinski definition) is 0. The molecule has 12 rings (SSSR count). The molecule has 12 aromatic rings. The van der Waals surface area contributed by atoms with Gasteiger partial charge in [-0.2, -0.15) is 0 Å². The van der Waals surface area contributed by atoms with Crippen LogP contribution in [0.5, 0.6) is 0 Å². The quantitative estimate of drug-likeness (QED) is 0.104. The first-order valence-electron chi connectivity index (χ1n) is 18.1. The van der Waals surface area contributed by atoms with Crippen LogP contribution in [-0.4, -0.2) is 50.8 Å². The Hall–Kier alpha value is -5.33. The zero-order valence-electron chi connectivity index (χ0n) is 36.5. The van der Waals surface area contributed by atoms with E-state index < -0.39 is 0 Å². The van der Waals surface area contributed by atoms with E-state index in [1.807, 2.05) is 48.5 Å². The molecule has 0 saturated carbocycles. The van der Waals surface area contributed by atoms with Crippen molar-refractivity contribution in [2.24, 2.45) is 0 Å². The molecule has 70 heavy (non-hydrogen) atoms. The van der Waals surface area contributed by atoms with Crippen LogP contribution in [0.3, 0.4) is 0 Å². The van der Waals surface area contributed by atoms with Gasteiger partial charge in [-0.25, -0.2) is 0 Å². The van der Waals surface area contributed by atoms with Gasteiger partial charge in [-0.05, 0) is 48.5 Å². The van der Waals surface area contributed by atoms with Crippen LogP contribution in [0.1, 0.15) is 0 Å². The van der Waals surface area contributed by atoms with Gasteiger partial charge in [0.05, 0.1) is 44.1 Å². The minimum atomic E-state index is 0. The van der Waals surface area contributed by atoms with Crippen molar-refractivity contribution in [3.05, 3.63) is 195 Å². The van der Waals surface area contributed by atoms with Gasteiger partial charge in [-0.1, -0.05) is 97.1 Å². The number of rotatable bonds is 0. The van der Waals surface area contributed by atoms with Crippen molar-refractivity contribution in [1.29, 1.82) is 0 Å². The second kappa shape index (κ2) is 36.6. The monoisotopic (exact) mass is 1220 g/mol. The van der Waals surface area contributed by atoms with Crippen LogP contribution in [-0.2, 0) is 133 Å². The molecule has 0 saturated heterocycles. The Morgan fingerprint density at radius 3 is 0.386 bits per heavy atom. The molecule has 0 aliphatic carbocycles. The third kappa shape index (κ3) is 16.9. The van der Waals surface area contributed by atoms with E-state index >= 15 is 0 Å². The maximum Gasteiger partial charge on any atom is 6.00 e. The van der Waals surface area contributed by atoms with Gasteiger partial charge in [-0.15, -0.1) is 0 Å². The minimum absolute atomic E-state index is 0. The molecule has 0 spiro atoms. The Labute approximate surface area is 462 Å². The molecule has 0 fully saturated rings. The van der Waals surface area contributed by atoms with Crippen molar-refractivity contribution in [3.8, 4) is 0 Å². The second-order valence-corrected chi connectivity index (χ2v) is 12.9. The van der Waals surface area contributed by atoms with E-state index in [0.29, 0.717) is 0 Å². The van der Waals surface area contributed by atoms with Crippen molar-refractivity contribution in [2.45, 2.75) is 0 Å². The summed E-state index contributed by atoms with van der Waals surface area (Å²) in [5, 5.41) is 9.10. The van der Waals surface area contributed by atoms with Crippen LogP contribution in [0.25, 0.3) is 87.2 Å². The Bertz CT molecular complexity index is 2700. The largest absolute Gasteiger partial charge is 6.00 e. The fraction of sp³-hybridized carbons (Fsp3) is 0. The number of fused-ring (bicyclic) bond motifs is 12. The van der Waals surface area contributed by atoms with Crippen LogP contribution in [0.15, 0.2) is 195 Å². The zero-order chi connectivity index (χ0) is 37.5. The van der Waals surface area contributed by atoms with E-state index in [2.05, 4.69) is 137 Å². The van der Waals surface area contributed by atoms with Crippen LogP contribution in [0, 0.1) is 0 Å². The van der Waals surface area contributed by atoms with E-state index in [1.54, 1.807) is 49.6 Å². The number of nitrogens with zero attached hydrogens (tertiary/aromatic N) is 8. The normalized spacial score (nSPS) is 8.69. The molecular formula is C48H36Cd2Cr2N8O10. The van der Waals surface area contributed by atoms with Gasteiger partial charge in [-0.3, -0.25) is 39.9 Å². The van der Waals surface area contributed by atoms with Gasteiger partial charge in [0.2, 0.25) is 0 Å². The average Bonchev–Trinajstić information content (AvgIpc) is 3.29. The molecular weight excluding hydrogens is 1180 g/mol. The molecule has 0 unspecified atom stereocenters. The molecule has 0 radical (unpaired) electrons. The number of aromatic nitrogens is 8. The molecule has 22 heteroatoms. The number of benzene rings is 4. The second-order valence-electron chi connectivity index (χ2n) is 12.9. The summed E-state index contributed by atoms with van der Waals surface area (Å²) >= 11 is 0. The summed E-state index contributed by atoms with van der Waals surface area (Å²) in [5.74, 6) is 0. The molecule has 18 nitrogen and oxygen atoms in total. The molecule has 4 N–H and O–H groups in total. The molecule has 344 valence electrons. The Kier molecular flexibility index (Phi) is 39.8. The third-order valence-electron chi connectivity index (χ3n) is 9.38. The van der Waals surface area contributed by atoms with Crippen LogP contribution in [0.2, 0.25) is 0 Å². The predicted octanol–water partition coefficient (Wildman–Crippen LogP) is 8.52. The first kappa shape index (κ1) is 76.2. The standard InChI is InChI=1S/4C12H8N2.2Cd.2Cr.2H2O.8O/c4*1-3-9-5-6-10-4-2-8-14-12(10)11(9)13-7-1;;;;;;;;;;;;;;/h4*1-8H;;;;;2*1H2;;;;;;;;/q;;;;2*+2;2*+6;;;8*-2. The first-order chi connectivity index (χ1) is 27.8. The average molecular weight is 1210 g/mol. The van der Waals surface area contributed by atoms with Crippen molar-refractivity contribution in [3.63, 3.8) is 0 Å². The van der Waals surface area contributed by atoms with Crippen molar-refractivity contribution in [1.82, 2.24) is 39.9 Å². The zero-order valence-corrected chi connectivity index (χ0v) is 47.2. The van der Waals surface area contributed by atoms with Crippen molar-refractivity contribution < 1.29 is 144 Å². The van der Waals surface area contributed by atoms with Gasteiger partial charge in [0.15, 0.2) is 0 Å². The first-order valence-corrected chi connectivity index (χ1v) is 18.1.